The fourth-order valence-electron chi connectivity index (χ4n) is 2.45. The van der Waals surface area contributed by atoms with Crippen LogP contribution in [0.1, 0.15) is 29.2 Å². The van der Waals surface area contributed by atoms with E-state index in [0.717, 1.165) is 17.5 Å². The molecule has 1 atom stereocenters. The average molecular weight is 287 g/mol. The minimum Gasteiger partial charge on any atom is -0.490 e. The number of benzene rings is 2. The number of ether oxygens (including phenoxy) is 2. The molecule has 4 heteroatoms. The summed E-state index contributed by atoms with van der Waals surface area (Å²) in [5, 5.41) is 0. The SMILES string of the molecule is Cc1ccc(F)c(C(N)c2ccc3c(c2)OCCCO3)c1. The Labute approximate surface area is 123 Å². The molecule has 3 nitrogen and oxygen atoms in total. The zero-order valence-corrected chi connectivity index (χ0v) is 11.9. The van der Waals surface area contributed by atoms with Crippen LogP contribution in [-0.2, 0) is 0 Å². The highest BCUT2D eigenvalue weighted by molar-refractivity contribution is 5.46. The molecular formula is C17H18FNO2. The van der Waals surface area contributed by atoms with Gasteiger partial charge < -0.3 is 15.2 Å². The third-order valence-electron chi connectivity index (χ3n) is 3.62. The first-order chi connectivity index (χ1) is 10.1. The standard InChI is InChI=1S/C17H18FNO2/c1-11-3-5-14(18)13(9-11)17(19)12-4-6-15-16(10-12)21-8-2-7-20-15/h3-6,9-10,17H,2,7-8,19H2,1H3. The molecule has 2 N–H and O–H groups in total. The highest BCUT2D eigenvalue weighted by Gasteiger charge is 2.17. The van der Waals surface area contributed by atoms with Crippen molar-refractivity contribution >= 4 is 0 Å². The molecule has 21 heavy (non-hydrogen) atoms. The summed E-state index contributed by atoms with van der Waals surface area (Å²) in [6.45, 7) is 3.18. The van der Waals surface area contributed by atoms with E-state index in [9.17, 15) is 4.39 Å². The maximum atomic E-state index is 14.0. The van der Waals surface area contributed by atoms with Crippen LogP contribution in [0, 0.1) is 12.7 Å². The van der Waals surface area contributed by atoms with Crippen molar-refractivity contribution < 1.29 is 13.9 Å². The number of hydrogen-bond acceptors (Lipinski definition) is 3. The molecule has 0 radical (unpaired) electrons. The quantitative estimate of drug-likeness (QED) is 0.921. The number of fused-ring (bicyclic) bond motifs is 1. The number of nitrogens with two attached hydrogens (primary N) is 1. The van der Waals surface area contributed by atoms with E-state index in [4.69, 9.17) is 15.2 Å². The Bertz CT molecular complexity index is 657. The average Bonchev–Trinajstić information content (AvgIpc) is 2.73. The molecule has 0 saturated heterocycles. The normalized spacial score (nSPS) is 15.4. The van der Waals surface area contributed by atoms with Gasteiger partial charge in [0.2, 0.25) is 0 Å². The lowest BCUT2D eigenvalue weighted by Crippen LogP contribution is -2.14. The number of aryl methyl sites for hydroxylation is 1. The molecule has 0 bridgehead atoms. The first-order valence-corrected chi connectivity index (χ1v) is 7.06. The fraction of sp³-hybridized carbons (Fsp3) is 0.294. The minimum atomic E-state index is -0.526. The fourth-order valence-corrected chi connectivity index (χ4v) is 2.45. The highest BCUT2D eigenvalue weighted by Crippen LogP contribution is 2.33. The Morgan fingerprint density at radius 3 is 2.62 bits per heavy atom. The van der Waals surface area contributed by atoms with Gasteiger partial charge >= 0.3 is 0 Å². The Morgan fingerprint density at radius 2 is 1.81 bits per heavy atom. The maximum absolute atomic E-state index is 14.0. The first-order valence-electron chi connectivity index (χ1n) is 7.06. The minimum absolute atomic E-state index is 0.291. The van der Waals surface area contributed by atoms with Crippen molar-refractivity contribution in [2.45, 2.75) is 19.4 Å². The molecule has 0 aromatic heterocycles. The van der Waals surface area contributed by atoms with E-state index in [1.54, 1.807) is 12.1 Å². The maximum Gasteiger partial charge on any atom is 0.161 e. The highest BCUT2D eigenvalue weighted by atomic mass is 19.1. The van der Waals surface area contributed by atoms with Gasteiger partial charge in [0.15, 0.2) is 11.5 Å². The largest absolute Gasteiger partial charge is 0.490 e. The molecule has 2 aromatic carbocycles. The molecule has 0 saturated carbocycles. The lowest BCUT2D eigenvalue weighted by molar-refractivity contribution is 0.297. The molecule has 0 fully saturated rings. The topological polar surface area (TPSA) is 44.5 Å². The Hall–Kier alpha value is -2.07. The van der Waals surface area contributed by atoms with Crippen molar-refractivity contribution in [3.8, 4) is 11.5 Å². The van der Waals surface area contributed by atoms with E-state index in [0.29, 0.717) is 30.3 Å². The van der Waals surface area contributed by atoms with Crippen LogP contribution in [0.15, 0.2) is 36.4 Å². The molecule has 1 heterocycles. The summed E-state index contributed by atoms with van der Waals surface area (Å²) in [6.07, 6.45) is 0.850. The summed E-state index contributed by atoms with van der Waals surface area (Å²) in [4.78, 5) is 0. The second-order valence-electron chi connectivity index (χ2n) is 5.26. The molecule has 0 spiro atoms. The lowest BCUT2D eigenvalue weighted by Gasteiger charge is -2.16. The molecular weight excluding hydrogens is 269 g/mol. The molecule has 1 aliphatic heterocycles. The monoisotopic (exact) mass is 287 g/mol. The van der Waals surface area contributed by atoms with Gasteiger partial charge in [-0.2, -0.15) is 0 Å². The van der Waals surface area contributed by atoms with E-state index in [2.05, 4.69) is 0 Å². The van der Waals surface area contributed by atoms with Gasteiger partial charge in [-0.1, -0.05) is 23.8 Å². The van der Waals surface area contributed by atoms with E-state index in [-0.39, 0.29) is 5.82 Å². The first kappa shape index (κ1) is 13.9. The van der Waals surface area contributed by atoms with Gasteiger partial charge in [-0.15, -0.1) is 0 Å². The third kappa shape index (κ3) is 2.85. The summed E-state index contributed by atoms with van der Waals surface area (Å²) >= 11 is 0. The van der Waals surface area contributed by atoms with Crippen LogP contribution in [0.25, 0.3) is 0 Å². The molecule has 0 aliphatic carbocycles. The van der Waals surface area contributed by atoms with Crippen molar-refractivity contribution in [2.24, 2.45) is 5.73 Å². The van der Waals surface area contributed by atoms with E-state index in [1.807, 2.05) is 25.1 Å². The van der Waals surface area contributed by atoms with Gasteiger partial charge in [0.05, 0.1) is 19.3 Å². The van der Waals surface area contributed by atoms with Crippen LogP contribution in [0.2, 0.25) is 0 Å². The summed E-state index contributed by atoms with van der Waals surface area (Å²) in [6, 6.07) is 9.98. The van der Waals surface area contributed by atoms with Crippen LogP contribution >= 0.6 is 0 Å². The second kappa shape index (κ2) is 5.74. The van der Waals surface area contributed by atoms with Crippen LogP contribution in [0.5, 0.6) is 11.5 Å². The van der Waals surface area contributed by atoms with E-state index in [1.165, 1.54) is 6.07 Å². The van der Waals surface area contributed by atoms with E-state index >= 15 is 0 Å². The summed E-state index contributed by atoms with van der Waals surface area (Å²) < 4.78 is 25.2. The van der Waals surface area contributed by atoms with Gasteiger partial charge in [0, 0.05) is 12.0 Å². The third-order valence-corrected chi connectivity index (χ3v) is 3.62. The Kier molecular flexibility index (Phi) is 3.80. The predicted molar refractivity (Wildman–Crippen MR) is 79.2 cm³/mol. The van der Waals surface area contributed by atoms with Gasteiger partial charge in [-0.25, -0.2) is 4.39 Å². The summed E-state index contributed by atoms with van der Waals surface area (Å²) in [7, 11) is 0. The summed E-state index contributed by atoms with van der Waals surface area (Å²) in [5.74, 6) is 1.10. The van der Waals surface area contributed by atoms with Crippen molar-refractivity contribution in [1.82, 2.24) is 0 Å². The van der Waals surface area contributed by atoms with Crippen LogP contribution in [0.3, 0.4) is 0 Å². The van der Waals surface area contributed by atoms with Gasteiger partial charge in [-0.3, -0.25) is 0 Å². The molecule has 1 unspecified atom stereocenters. The zero-order chi connectivity index (χ0) is 14.8. The van der Waals surface area contributed by atoms with E-state index < -0.39 is 6.04 Å². The van der Waals surface area contributed by atoms with Gasteiger partial charge in [0.25, 0.3) is 0 Å². The molecule has 110 valence electrons. The van der Waals surface area contributed by atoms with Crippen molar-refractivity contribution in [3.63, 3.8) is 0 Å². The second-order valence-corrected chi connectivity index (χ2v) is 5.26. The van der Waals surface area contributed by atoms with Crippen molar-refractivity contribution in [3.05, 3.63) is 58.9 Å². The smallest absolute Gasteiger partial charge is 0.161 e. The number of hydrogen-bond donors (Lipinski definition) is 1. The number of halogens is 1. The van der Waals surface area contributed by atoms with Gasteiger partial charge in [-0.05, 0) is 30.7 Å². The summed E-state index contributed by atoms with van der Waals surface area (Å²) in [5.41, 5.74) is 8.50. The molecule has 0 amide bonds. The van der Waals surface area contributed by atoms with Crippen LogP contribution in [0.4, 0.5) is 4.39 Å². The zero-order valence-electron chi connectivity index (χ0n) is 11.9. The van der Waals surface area contributed by atoms with Crippen LogP contribution < -0.4 is 15.2 Å². The van der Waals surface area contributed by atoms with Gasteiger partial charge in [0.1, 0.15) is 5.82 Å². The lowest BCUT2D eigenvalue weighted by atomic mass is 9.97. The predicted octanol–water partition coefficient (Wildman–Crippen LogP) is 3.34. The Morgan fingerprint density at radius 1 is 1.05 bits per heavy atom. The number of rotatable bonds is 2. The van der Waals surface area contributed by atoms with Crippen LogP contribution in [-0.4, -0.2) is 13.2 Å². The van der Waals surface area contributed by atoms with Crippen molar-refractivity contribution in [1.29, 1.82) is 0 Å². The molecule has 1 aliphatic rings. The molecule has 3 rings (SSSR count). The Balaban J connectivity index is 1.96. The van der Waals surface area contributed by atoms with Crippen molar-refractivity contribution in [2.75, 3.05) is 13.2 Å². The molecule has 2 aromatic rings.